The number of methoxy groups -OCH3 is 2. The molecule has 6 nitrogen and oxygen atoms in total. The molecule has 1 amide bonds. The van der Waals surface area contributed by atoms with Gasteiger partial charge in [0.25, 0.3) is 5.91 Å². The van der Waals surface area contributed by atoms with Crippen LogP contribution in [0, 0.1) is 5.41 Å². The van der Waals surface area contributed by atoms with Crippen molar-refractivity contribution in [3.05, 3.63) is 64.8 Å². The van der Waals surface area contributed by atoms with Gasteiger partial charge in [-0.15, -0.1) is 0 Å². The molecule has 35 heavy (non-hydrogen) atoms. The van der Waals surface area contributed by atoms with Crippen LogP contribution in [-0.4, -0.2) is 43.4 Å². The Morgan fingerprint density at radius 2 is 1.77 bits per heavy atom. The number of benzene rings is 2. The predicted octanol–water partition coefficient (Wildman–Crippen LogP) is 5.03. The summed E-state index contributed by atoms with van der Waals surface area (Å²) in [6.45, 7) is 0.00870. The van der Waals surface area contributed by atoms with Gasteiger partial charge in [0.05, 0.1) is 26.2 Å². The van der Waals surface area contributed by atoms with Crippen molar-refractivity contribution in [2.75, 3.05) is 20.8 Å². The van der Waals surface area contributed by atoms with Crippen LogP contribution in [0.25, 0.3) is 10.9 Å². The number of alkyl halides is 3. The third-order valence-electron chi connectivity index (χ3n) is 6.58. The van der Waals surface area contributed by atoms with Gasteiger partial charge in [-0.1, -0.05) is 6.07 Å². The summed E-state index contributed by atoms with van der Waals surface area (Å²) in [6.07, 6.45) is -1.74. The molecule has 186 valence electrons. The van der Waals surface area contributed by atoms with Crippen molar-refractivity contribution in [1.29, 1.82) is 0 Å². The van der Waals surface area contributed by atoms with E-state index in [0.717, 1.165) is 22.0 Å². The number of amides is 1. The number of halogens is 3. The molecule has 4 rings (SSSR count). The van der Waals surface area contributed by atoms with Gasteiger partial charge in [0.2, 0.25) is 0 Å². The van der Waals surface area contributed by atoms with E-state index in [1.54, 1.807) is 30.3 Å². The highest BCUT2D eigenvalue weighted by atomic mass is 19.4. The van der Waals surface area contributed by atoms with Crippen LogP contribution in [-0.2, 0) is 18.2 Å². The lowest BCUT2D eigenvalue weighted by atomic mass is 10.00. The largest absolute Gasteiger partial charge is 0.496 e. The lowest BCUT2D eigenvalue weighted by molar-refractivity contribution is -0.147. The topological polar surface area (TPSA) is 69.6 Å². The second kappa shape index (κ2) is 9.28. The van der Waals surface area contributed by atoms with Gasteiger partial charge in [0.1, 0.15) is 5.75 Å². The highest BCUT2D eigenvalue weighted by Gasteiger charge is 2.50. The molecule has 0 radical (unpaired) electrons. The van der Waals surface area contributed by atoms with Crippen molar-refractivity contribution < 1.29 is 32.2 Å². The zero-order chi connectivity index (χ0) is 25.4. The molecule has 9 heteroatoms. The number of nitrogens with one attached hydrogen (secondary N) is 1. The minimum Gasteiger partial charge on any atom is -0.496 e. The number of hydrogen-bond donors (Lipinski definition) is 1. The Bertz CT molecular complexity index is 1280. The van der Waals surface area contributed by atoms with Crippen LogP contribution in [0.1, 0.15) is 51.1 Å². The first kappa shape index (κ1) is 24.6. The van der Waals surface area contributed by atoms with Crippen LogP contribution in [0.5, 0.6) is 5.75 Å². The van der Waals surface area contributed by atoms with Gasteiger partial charge >= 0.3 is 12.1 Å². The Balaban J connectivity index is 1.56. The Labute approximate surface area is 201 Å². The third-order valence-corrected chi connectivity index (χ3v) is 6.58. The SMILES string of the molecule is COC(=O)c1ccc(Cc2cn(C)c3ccc(C(=O)NCC4(CC(F)(F)F)CC4)cc23)c(OC)c1. The van der Waals surface area contributed by atoms with E-state index in [-0.39, 0.29) is 6.54 Å². The van der Waals surface area contributed by atoms with Gasteiger partial charge < -0.3 is 19.4 Å². The van der Waals surface area contributed by atoms with E-state index >= 15 is 0 Å². The molecule has 2 aromatic carbocycles. The fourth-order valence-electron chi connectivity index (χ4n) is 4.48. The molecule has 1 saturated carbocycles. The monoisotopic (exact) mass is 488 g/mol. The summed E-state index contributed by atoms with van der Waals surface area (Å²) >= 11 is 0. The lowest BCUT2D eigenvalue weighted by Crippen LogP contribution is -2.32. The fourth-order valence-corrected chi connectivity index (χ4v) is 4.48. The molecule has 1 aromatic heterocycles. The van der Waals surface area contributed by atoms with Gasteiger partial charge in [0.15, 0.2) is 0 Å². The van der Waals surface area contributed by atoms with E-state index in [4.69, 9.17) is 9.47 Å². The fraction of sp³-hybridized carbons (Fsp3) is 0.385. The number of aryl methyl sites for hydroxylation is 1. The number of carbonyl (C=O) groups excluding carboxylic acids is 2. The highest BCUT2D eigenvalue weighted by Crippen LogP contribution is 2.52. The summed E-state index contributed by atoms with van der Waals surface area (Å²) in [7, 11) is 4.74. The summed E-state index contributed by atoms with van der Waals surface area (Å²) in [5.41, 5.74) is 2.60. The maximum absolute atomic E-state index is 12.8. The molecule has 0 bridgehead atoms. The molecule has 0 spiro atoms. The second-order valence-electron chi connectivity index (χ2n) is 9.17. The summed E-state index contributed by atoms with van der Waals surface area (Å²) in [5.74, 6) is -0.313. The molecular formula is C26H27F3N2O4. The van der Waals surface area contributed by atoms with Gasteiger partial charge in [-0.3, -0.25) is 4.79 Å². The number of aromatic nitrogens is 1. The summed E-state index contributed by atoms with van der Waals surface area (Å²) < 4.78 is 50.7. The van der Waals surface area contributed by atoms with E-state index in [0.29, 0.717) is 36.1 Å². The molecule has 0 aliphatic heterocycles. The van der Waals surface area contributed by atoms with Crippen molar-refractivity contribution in [3.63, 3.8) is 0 Å². The minimum absolute atomic E-state index is 0.00870. The van der Waals surface area contributed by atoms with Crippen molar-refractivity contribution in [3.8, 4) is 5.75 Å². The minimum atomic E-state index is -4.24. The molecular weight excluding hydrogens is 461 g/mol. The Morgan fingerprint density at radius 3 is 2.40 bits per heavy atom. The van der Waals surface area contributed by atoms with E-state index in [2.05, 4.69) is 5.32 Å². The van der Waals surface area contributed by atoms with Crippen molar-refractivity contribution in [2.24, 2.45) is 12.5 Å². The molecule has 1 fully saturated rings. The number of esters is 1. The molecule has 0 atom stereocenters. The first-order valence-electron chi connectivity index (χ1n) is 11.2. The number of ether oxygens (including phenoxy) is 2. The van der Waals surface area contributed by atoms with Crippen LogP contribution >= 0.6 is 0 Å². The van der Waals surface area contributed by atoms with Gasteiger partial charge in [-0.05, 0) is 59.7 Å². The van der Waals surface area contributed by atoms with E-state index in [1.807, 2.05) is 23.9 Å². The van der Waals surface area contributed by atoms with Gasteiger partial charge in [-0.2, -0.15) is 13.2 Å². The van der Waals surface area contributed by atoms with Crippen LogP contribution in [0.3, 0.4) is 0 Å². The average molecular weight is 489 g/mol. The molecule has 1 heterocycles. The van der Waals surface area contributed by atoms with Crippen LogP contribution in [0.4, 0.5) is 13.2 Å². The number of hydrogen-bond acceptors (Lipinski definition) is 4. The second-order valence-corrected chi connectivity index (χ2v) is 9.17. The predicted molar refractivity (Wildman–Crippen MR) is 125 cm³/mol. The molecule has 0 saturated heterocycles. The van der Waals surface area contributed by atoms with Crippen LogP contribution in [0.2, 0.25) is 0 Å². The first-order valence-corrected chi connectivity index (χ1v) is 11.2. The molecule has 1 aliphatic carbocycles. The maximum Gasteiger partial charge on any atom is 0.389 e. The molecule has 0 unspecified atom stereocenters. The van der Waals surface area contributed by atoms with Crippen LogP contribution in [0.15, 0.2) is 42.6 Å². The van der Waals surface area contributed by atoms with Gasteiger partial charge in [-0.25, -0.2) is 4.79 Å². The standard InChI is InChI=1S/C26H27F3N2O4/c1-31-13-19(10-16-4-5-18(24(33)35-3)12-22(16)34-2)20-11-17(6-7-21(20)31)23(32)30-15-25(8-9-25)14-26(27,28)29/h4-7,11-13H,8-10,14-15H2,1-3H3,(H,30,32). The van der Waals surface area contributed by atoms with Gasteiger partial charge in [0, 0.05) is 42.7 Å². The Hall–Kier alpha value is -3.49. The quantitative estimate of drug-likeness (QED) is 0.452. The van der Waals surface area contributed by atoms with Crippen molar-refractivity contribution in [2.45, 2.75) is 31.9 Å². The smallest absolute Gasteiger partial charge is 0.389 e. The van der Waals surface area contributed by atoms with Crippen molar-refractivity contribution >= 4 is 22.8 Å². The van der Waals surface area contributed by atoms with E-state index in [9.17, 15) is 22.8 Å². The number of carbonyl (C=O) groups is 2. The van der Waals surface area contributed by atoms with Crippen LogP contribution < -0.4 is 10.1 Å². The highest BCUT2D eigenvalue weighted by molar-refractivity contribution is 5.99. The summed E-state index contributed by atoms with van der Waals surface area (Å²) in [4.78, 5) is 24.6. The Morgan fingerprint density at radius 1 is 1.06 bits per heavy atom. The zero-order valence-corrected chi connectivity index (χ0v) is 19.8. The Kier molecular flexibility index (Phi) is 6.53. The number of rotatable bonds is 8. The maximum atomic E-state index is 12.8. The normalized spacial score (nSPS) is 14.6. The van der Waals surface area contributed by atoms with Crippen molar-refractivity contribution in [1.82, 2.24) is 9.88 Å². The number of nitrogens with zero attached hydrogens (tertiary/aromatic N) is 1. The average Bonchev–Trinajstić information content (AvgIpc) is 3.51. The number of fused-ring (bicyclic) bond motifs is 1. The summed E-state index contributed by atoms with van der Waals surface area (Å²) in [5, 5.41) is 3.55. The molecule has 1 N–H and O–H groups in total. The molecule has 1 aliphatic rings. The first-order chi connectivity index (χ1) is 16.5. The van der Waals surface area contributed by atoms with E-state index < -0.39 is 29.9 Å². The molecule has 3 aromatic rings. The summed E-state index contributed by atoms with van der Waals surface area (Å²) in [6, 6.07) is 10.4. The lowest BCUT2D eigenvalue weighted by Gasteiger charge is -2.18. The van der Waals surface area contributed by atoms with E-state index in [1.165, 1.54) is 14.2 Å². The zero-order valence-electron chi connectivity index (χ0n) is 19.8. The third kappa shape index (κ3) is 5.44.